The molecule has 1 saturated heterocycles. The Hall–Kier alpha value is -1.04. The van der Waals surface area contributed by atoms with E-state index in [2.05, 4.69) is 15.4 Å². The molecule has 98 valence electrons. The molecule has 0 bridgehead atoms. The van der Waals surface area contributed by atoms with E-state index in [0.29, 0.717) is 5.92 Å². The number of nitrogens with zero attached hydrogens (tertiary/aromatic N) is 2. The molecule has 3 rings (SSSR count). The van der Waals surface area contributed by atoms with E-state index in [9.17, 15) is 0 Å². The molecule has 2 heterocycles. The number of ether oxygens (including phenoxy) is 1. The van der Waals surface area contributed by atoms with Crippen molar-refractivity contribution in [2.24, 2.45) is 11.8 Å². The highest BCUT2D eigenvalue weighted by molar-refractivity contribution is 5.06. The second kappa shape index (κ2) is 4.91. The van der Waals surface area contributed by atoms with Gasteiger partial charge in [-0.15, -0.1) is 0 Å². The summed E-state index contributed by atoms with van der Waals surface area (Å²) in [5.41, 5.74) is 3.99. The zero-order valence-electron chi connectivity index (χ0n) is 10.5. The van der Waals surface area contributed by atoms with Crippen LogP contribution in [0.2, 0.25) is 0 Å². The first kappa shape index (κ1) is 12.0. The van der Waals surface area contributed by atoms with Crippen molar-refractivity contribution in [1.82, 2.24) is 15.4 Å². The van der Waals surface area contributed by atoms with Crippen LogP contribution in [0.4, 0.5) is 0 Å². The van der Waals surface area contributed by atoms with Crippen molar-refractivity contribution in [3.8, 4) is 0 Å². The number of hydrogen-bond donors (Lipinski definition) is 2. The molecule has 1 aromatic rings. The van der Waals surface area contributed by atoms with Crippen LogP contribution in [0, 0.1) is 5.92 Å². The van der Waals surface area contributed by atoms with Crippen molar-refractivity contribution in [3.05, 3.63) is 24.3 Å². The Morgan fingerprint density at radius 2 is 2.33 bits per heavy atom. The van der Waals surface area contributed by atoms with Gasteiger partial charge in [0.15, 0.2) is 0 Å². The van der Waals surface area contributed by atoms with Gasteiger partial charge in [-0.2, -0.15) is 0 Å². The summed E-state index contributed by atoms with van der Waals surface area (Å²) in [6, 6.07) is 0.0834. The third-order valence-electron chi connectivity index (χ3n) is 4.35. The first-order valence-corrected chi connectivity index (χ1v) is 6.69. The van der Waals surface area contributed by atoms with Crippen LogP contribution in [0.15, 0.2) is 18.6 Å². The summed E-state index contributed by atoms with van der Waals surface area (Å²) in [6.45, 7) is 0.836. The predicted octanol–water partition coefficient (Wildman–Crippen LogP) is 1.33. The van der Waals surface area contributed by atoms with Crippen LogP contribution >= 0.6 is 0 Å². The van der Waals surface area contributed by atoms with Crippen LogP contribution in [0.3, 0.4) is 0 Å². The van der Waals surface area contributed by atoms with Crippen molar-refractivity contribution < 1.29 is 4.74 Å². The molecule has 2 unspecified atom stereocenters. The first-order chi connectivity index (χ1) is 8.83. The standard InChI is InChI=1S/C13H20N4O/c14-17-12(11-9-15-5-6-16-11)10-2-7-18-13(8-10)3-1-4-13/h5-6,9-10,12,17H,1-4,7-8,14H2. The molecular formula is C13H20N4O. The molecule has 3 N–H and O–H groups in total. The lowest BCUT2D eigenvalue weighted by Crippen LogP contribution is -2.48. The Labute approximate surface area is 107 Å². The summed E-state index contributed by atoms with van der Waals surface area (Å²) in [5.74, 6) is 6.21. The minimum atomic E-state index is 0.0834. The maximum atomic E-state index is 5.96. The lowest BCUT2D eigenvalue weighted by atomic mass is 9.70. The molecule has 0 radical (unpaired) electrons. The number of rotatable bonds is 3. The summed E-state index contributed by atoms with van der Waals surface area (Å²) in [4.78, 5) is 8.50. The summed E-state index contributed by atoms with van der Waals surface area (Å²) in [5, 5.41) is 0. The SMILES string of the molecule is NNC(c1cnccn1)C1CCOC2(CCC2)C1. The highest BCUT2D eigenvalue weighted by Crippen LogP contribution is 2.46. The van der Waals surface area contributed by atoms with Gasteiger partial charge in [0, 0.05) is 19.0 Å². The molecule has 0 aromatic carbocycles. The van der Waals surface area contributed by atoms with Gasteiger partial charge in [0.25, 0.3) is 0 Å². The van der Waals surface area contributed by atoms with Crippen molar-refractivity contribution in [1.29, 1.82) is 0 Å². The number of nitrogens with one attached hydrogen (secondary N) is 1. The molecule has 2 fully saturated rings. The van der Waals surface area contributed by atoms with Crippen LogP contribution in [-0.4, -0.2) is 22.2 Å². The summed E-state index contributed by atoms with van der Waals surface area (Å²) in [6.07, 6.45) is 11.0. The third-order valence-corrected chi connectivity index (χ3v) is 4.35. The molecule has 1 spiro atoms. The molecule has 1 saturated carbocycles. The largest absolute Gasteiger partial charge is 0.375 e. The lowest BCUT2D eigenvalue weighted by Gasteiger charge is -2.48. The molecule has 18 heavy (non-hydrogen) atoms. The minimum Gasteiger partial charge on any atom is -0.375 e. The van der Waals surface area contributed by atoms with E-state index in [1.54, 1.807) is 18.6 Å². The van der Waals surface area contributed by atoms with E-state index in [4.69, 9.17) is 10.6 Å². The highest BCUT2D eigenvalue weighted by atomic mass is 16.5. The molecule has 5 nitrogen and oxygen atoms in total. The number of aromatic nitrogens is 2. The second-order valence-corrected chi connectivity index (χ2v) is 5.41. The Bertz CT molecular complexity index is 393. The number of hydrogen-bond acceptors (Lipinski definition) is 5. The van der Waals surface area contributed by atoms with Crippen molar-refractivity contribution >= 4 is 0 Å². The van der Waals surface area contributed by atoms with Crippen molar-refractivity contribution in [2.45, 2.75) is 43.7 Å². The summed E-state index contributed by atoms with van der Waals surface area (Å²) < 4.78 is 5.96. The molecule has 1 aliphatic heterocycles. The van der Waals surface area contributed by atoms with Gasteiger partial charge >= 0.3 is 0 Å². The van der Waals surface area contributed by atoms with Crippen molar-refractivity contribution in [3.63, 3.8) is 0 Å². The van der Waals surface area contributed by atoms with Crippen LogP contribution in [0.5, 0.6) is 0 Å². The fraction of sp³-hybridized carbons (Fsp3) is 0.692. The topological polar surface area (TPSA) is 73.1 Å². The normalized spacial score (nSPS) is 27.7. The molecule has 1 aromatic heterocycles. The van der Waals surface area contributed by atoms with E-state index in [1.165, 1.54) is 19.3 Å². The third kappa shape index (κ3) is 2.13. The fourth-order valence-corrected chi connectivity index (χ4v) is 3.20. The molecule has 2 atom stereocenters. The number of nitrogens with two attached hydrogens (primary N) is 1. The van der Waals surface area contributed by atoms with Crippen LogP contribution in [0.25, 0.3) is 0 Å². The van der Waals surface area contributed by atoms with Crippen LogP contribution < -0.4 is 11.3 Å². The highest BCUT2D eigenvalue weighted by Gasteiger charge is 2.44. The van der Waals surface area contributed by atoms with Crippen molar-refractivity contribution in [2.75, 3.05) is 6.61 Å². The zero-order valence-corrected chi connectivity index (χ0v) is 10.5. The molecule has 1 aliphatic carbocycles. The Kier molecular flexibility index (Phi) is 3.28. The van der Waals surface area contributed by atoms with Crippen LogP contribution in [-0.2, 0) is 4.74 Å². The maximum Gasteiger partial charge on any atom is 0.0772 e. The Morgan fingerprint density at radius 1 is 1.44 bits per heavy atom. The average molecular weight is 248 g/mol. The zero-order chi connectivity index (χ0) is 12.4. The average Bonchev–Trinajstić information content (AvgIpc) is 2.39. The fourth-order valence-electron chi connectivity index (χ4n) is 3.20. The molecule has 0 amide bonds. The van der Waals surface area contributed by atoms with Gasteiger partial charge in [-0.05, 0) is 38.0 Å². The van der Waals surface area contributed by atoms with Gasteiger partial charge in [0.1, 0.15) is 0 Å². The predicted molar refractivity (Wildman–Crippen MR) is 67.4 cm³/mol. The van der Waals surface area contributed by atoms with Gasteiger partial charge in [-0.3, -0.25) is 21.2 Å². The van der Waals surface area contributed by atoms with E-state index in [-0.39, 0.29) is 11.6 Å². The van der Waals surface area contributed by atoms with E-state index in [1.807, 2.05) is 0 Å². The second-order valence-electron chi connectivity index (χ2n) is 5.41. The smallest absolute Gasteiger partial charge is 0.0772 e. The Morgan fingerprint density at radius 3 is 2.94 bits per heavy atom. The monoisotopic (exact) mass is 248 g/mol. The summed E-state index contributed by atoms with van der Waals surface area (Å²) in [7, 11) is 0. The maximum absolute atomic E-state index is 5.96. The van der Waals surface area contributed by atoms with Gasteiger partial charge < -0.3 is 4.74 Å². The molecule has 2 aliphatic rings. The quantitative estimate of drug-likeness (QED) is 0.623. The van der Waals surface area contributed by atoms with E-state index in [0.717, 1.165) is 25.1 Å². The van der Waals surface area contributed by atoms with E-state index >= 15 is 0 Å². The summed E-state index contributed by atoms with van der Waals surface area (Å²) >= 11 is 0. The first-order valence-electron chi connectivity index (χ1n) is 6.69. The van der Waals surface area contributed by atoms with Gasteiger partial charge in [-0.1, -0.05) is 0 Å². The minimum absolute atomic E-state index is 0.0834. The van der Waals surface area contributed by atoms with Crippen LogP contribution in [0.1, 0.15) is 43.8 Å². The number of hydrazine groups is 1. The van der Waals surface area contributed by atoms with Gasteiger partial charge in [0.05, 0.1) is 23.5 Å². The van der Waals surface area contributed by atoms with E-state index < -0.39 is 0 Å². The Balaban J connectivity index is 1.75. The lowest BCUT2D eigenvalue weighted by molar-refractivity contribution is -0.147. The molecular weight excluding hydrogens is 228 g/mol. The molecule has 5 heteroatoms. The van der Waals surface area contributed by atoms with Gasteiger partial charge in [-0.25, -0.2) is 0 Å². The van der Waals surface area contributed by atoms with Gasteiger partial charge in [0.2, 0.25) is 0 Å².